The number of hydrogen-bond acceptors (Lipinski definition) is 5. The van der Waals surface area contributed by atoms with Gasteiger partial charge in [-0.15, -0.1) is 0 Å². The number of aliphatic imine (C=N–C) groups is 1. The van der Waals surface area contributed by atoms with E-state index in [1.807, 2.05) is 42.5 Å². The van der Waals surface area contributed by atoms with Crippen molar-refractivity contribution in [1.82, 2.24) is 14.4 Å². The third kappa shape index (κ3) is 2.51. The zero-order chi connectivity index (χ0) is 19.3. The van der Waals surface area contributed by atoms with Crippen LogP contribution in [-0.4, -0.2) is 26.0 Å². The first-order chi connectivity index (χ1) is 13.6. The zero-order valence-corrected chi connectivity index (χ0v) is 15.4. The zero-order valence-electron chi connectivity index (χ0n) is 15.4. The second kappa shape index (κ2) is 6.16. The Labute approximate surface area is 160 Å². The van der Waals surface area contributed by atoms with Crippen LogP contribution in [0, 0.1) is 13.8 Å². The summed E-state index contributed by atoms with van der Waals surface area (Å²) in [5, 5.41) is 3.00. The summed E-state index contributed by atoms with van der Waals surface area (Å²) in [7, 11) is 0. The lowest BCUT2D eigenvalue weighted by Crippen LogP contribution is -2.18. The Morgan fingerprint density at radius 3 is 2.96 bits per heavy atom. The van der Waals surface area contributed by atoms with Crippen LogP contribution in [0.2, 0.25) is 0 Å². The van der Waals surface area contributed by atoms with Crippen LogP contribution >= 0.6 is 0 Å². The van der Waals surface area contributed by atoms with E-state index in [2.05, 4.69) is 20.3 Å². The molecule has 138 valence electrons. The average molecular weight is 371 g/mol. The van der Waals surface area contributed by atoms with E-state index in [0.29, 0.717) is 23.5 Å². The van der Waals surface area contributed by atoms with Crippen LogP contribution in [0.15, 0.2) is 58.7 Å². The lowest BCUT2D eigenvalue weighted by molar-refractivity contribution is 0.102. The Morgan fingerprint density at radius 2 is 2.14 bits per heavy atom. The molecular formula is C21H17N5O2. The molecule has 4 heterocycles. The van der Waals surface area contributed by atoms with E-state index in [-0.39, 0.29) is 5.91 Å². The molecule has 7 heteroatoms. The van der Waals surface area contributed by atoms with Gasteiger partial charge in [-0.3, -0.25) is 14.2 Å². The first kappa shape index (κ1) is 16.4. The van der Waals surface area contributed by atoms with E-state index >= 15 is 0 Å². The van der Waals surface area contributed by atoms with Gasteiger partial charge in [0.2, 0.25) is 0 Å². The molecule has 28 heavy (non-hydrogen) atoms. The number of nitrogens with one attached hydrogen (secondary N) is 1. The number of amides is 1. The summed E-state index contributed by atoms with van der Waals surface area (Å²) in [6.45, 7) is 4.36. The maximum atomic E-state index is 13.0. The summed E-state index contributed by atoms with van der Waals surface area (Å²) in [6, 6.07) is 7.74. The number of imidazole rings is 1. The van der Waals surface area contributed by atoms with Gasteiger partial charge in [-0.2, -0.15) is 0 Å². The number of anilines is 1. The van der Waals surface area contributed by atoms with Gasteiger partial charge in [0.1, 0.15) is 6.33 Å². The van der Waals surface area contributed by atoms with Crippen LogP contribution in [-0.2, 0) is 6.54 Å². The largest absolute Gasteiger partial charge is 0.472 e. The van der Waals surface area contributed by atoms with Gasteiger partial charge in [-0.25, -0.2) is 9.97 Å². The van der Waals surface area contributed by atoms with Crippen LogP contribution in [0.25, 0.3) is 5.65 Å². The topological polar surface area (TPSA) is 84.8 Å². The van der Waals surface area contributed by atoms with E-state index in [0.717, 1.165) is 33.7 Å². The molecule has 1 aliphatic heterocycles. The van der Waals surface area contributed by atoms with Crippen molar-refractivity contribution in [3.8, 4) is 0 Å². The Kier molecular flexibility index (Phi) is 3.61. The first-order valence-electron chi connectivity index (χ1n) is 8.93. The number of nitrogens with zero attached hydrogens (tertiary/aromatic N) is 4. The monoisotopic (exact) mass is 371 g/mol. The van der Waals surface area contributed by atoms with Gasteiger partial charge < -0.3 is 9.73 Å². The maximum Gasteiger partial charge on any atom is 0.259 e. The lowest BCUT2D eigenvalue weighted by atomic mass is 10.0. The average Bonchev–Trinajstić information content (AvgIpc) is 3.41. The molecule has 0 fully saturated rings. The second-order valence-electron chi connectivity index (χ2n) is 6.78. The number of carbonyl (C=O) groups excluding carboxylic acids is 1. The van der Waals surface area contributed by atoms with Crippen molar-refractivity contribution in [3.05, 3.63) is 83.0 Å². The highest BCUT2D eigenvalue weighted by molar-refractivity contribution is 6.16. The number of rotatable bonds is 3. The van der Waals surface area contributed by atoms with Crippen LogP contribution in [0.1, 0.15) is 38.4 Å². The molecule has 5 rings (SSSR count). The molecule has 1 N–H and O–H groups in total. The molecule has 7 nitrogen and oxygen atoms in total. The third-order valence-corrected chi connectivity index (χ3v) is 5.04. The molecular weight excluding hydrogens is 354 g/mol. The third-order valence-electron chi connectivity index (χ3n) is 5.04. The first-order valence-corrected chi connectivity index (χ1v) is 8.93. The summed E-state index contributed by atoms with van der Waals surface area (Å²) in [4.78, 5) is 26.2. The molecule has 0 saturated heterocycles. The molecule has 0 radical (unpaired) electrons. The van der Waals surface area contributed by atoms with Crippen LogP contribution in [0.5, 0.6) is 0 Å². The molecule has 1 aliphatic rings. The SMILES string of the molecule is Cc1nc2cncn2c(C)c1C(=O)Nc1ccc2c(c1)C(c1ccoc1)=NC2. The molecule has 0 aliphatic carbocycles. The van der Waals surface area contributed by atoms with Crippen LogP contribution < -0.4 is 5.32 Å². The van der Waals surface area contributed by atoms with Crippen LogP contribution in [0.4, 0.5) is 5.69 Å². The molecule has 0 unspecified atom stereocenters. The summed E-state index contributed by atoms with van der Waals surface area (Å²) in [5.41, 5.74) is 7.42. The van der Waals surface area contributed by atoms with E-state index in [1.165, 1.54) is 0 Å². The Hall–Kier alpha value is -3.74. The number of carbonyl (C=O) groups is 1. The highest BCUT2D eigenvalue weighted by Crippen LogP contribution is 2.27. The predicted molar refractivity (Wildman–Crippen MR) is 105 cm³/mol. The van der Waals surface area contributed by atoms with Gasteiger partial charge >= 0.3 is 0 Å². The molecule has 3 aromatic heterocycles. The van der Waals surface area contributed by atoms with Crippen molar-refractivity contribution in [2.45, 2.75) is 20.4 Å². The molecule has 0 spiro atoms. The number of hydrogen-bond donors (Lipinski definition) is 1. The number of furan rings is 1. The van der Waals surface area contributed by atoms with E-state index in [4.69, 9.17) is 4.42 Å². The number of benzene rings is 1. The quantitative estimate of drug-likeness (QED) is 0.597. The van der Waals surface area contributed by atoms with Gasteiger partial charge in [0.25, 0.3) is 5.91 Å². The number of aromatic nitrogens is 3. The fourth-order valence-electron chi connectivity index (χ4n) is 3.67. The minimum absolute atomic E-state index is 0.196. The predicted octanol–water partition coefficient (Wildman–Crippen LogP) is 3.54. The van der Waals surface area contributed by atoms with Gasteiger partial charge in [0.15, 0.2) is 5.65 Å². The van der Waals surface area contributed by atoms with E-state index in [1.54, 1.807) is 25.1 Å². The maximum absolute atomic E-state index is 13.0. The van der Waals surface area contributed by atoms with Gasteiger partial charge in [-0.05, 0) is 37.6 Å². The van der Waals surface area contributed by atoms with Crippen molar-refractivity contribution in [3.63, 3.8) is 0 Å². The molecule has 1 amide bonds. The fraction of sp³-hybridized carbons (Fsp3) is 0.143. The standard InChI is InChI=1S/C21H17N5O2/c1-12-19(13(2)26-11-22-9-18(26)24-12)21(27)25-16-4-3-14-8-23-20(17(14)7-16)15-5-6-28-10-15/h3-7,9-11H,8H2,1-2H3,(H,25,27). The Balaban J connectivity index is 1.49. The number of aryl methyl sites for hydroxylation is 2. The second-order valence-corrected chi connectivity index (χ2v) is 6.78. The van der Waals surface area contributed by atoms with Crippen molar-refractivity contribution < 1.29 is 9.21 Å². The fourth-order valence-corrected chi connectivity index (χ4v) is 3.67. The number of fused-ring (bicyclic) bond motifs is 2. The Morgan fingerprint density at radius 1 is 1.25 bits per heavy atom. The molecule has 0 bridgehead atoms. The van der Waals surface area contributed by atoms with Crippen molar-refractivity contribution in [2.24, 2.45) is 4.99 Å². The molecule has 0 saturated carbocycles. The minimum Gasteiger partial charge on any atom is -0.472 e. The van der Waals surface area contributed by atoms with E-state index < -0.39 is 0 Å². The molecule has 0 atom stereocenters. The normalized spacial score (nSPS) is 12.9. The highest BCUT2D eigenvalue weighted by Gasteiger charge is 2.21. The smallest absolute Gasteiger partial charge is 0.259 e. The van der Waals surface area contributed by atoms with Gasteiger partial charge in [0, 0.05) is 22.5 Å². The lowest BCUT2D eigenvalue weighted by Gasteiger charge is -2.13. The summed E-state index contributed by atoms with van der Waals surface area (Å²) in [6.07, 6.45) is 6.65. The van der Waals surface area contributed by atoms with Crippen molar-refractivity contribution >= 4 is 23.0 Å². The van der Waals surface area contributed by atoms with Crippen molar-refractivity contribution in [2.75, 3.05) is 5.32 Å². The summed E-state index contributed by atoms with van der Waals surface area (Å²) < 4.78 is 7.00. The Bertz CT molecular complexity index is 1250. The molecule has 1 aromatic carbocycles. The highest BCUT2D eigenvalue weighted by atomic mass is 16.3. The summed E-state index contributed by atoms with van der Waals surface area (Å²) >= 11 is 0. The van der Waals surface area contributed by atoms with Gasteiger partial charge in [-0.1, -0.05) is 6.07 Å². The summed E-state index contributed by atoms with van der Waals surface area (Å²) in [5.74, 6) is -0.196. The van der Waals surface area contributed by atoms with Crippen molar-refractivity contribution in [1.29, 1.82) is 0 Å². The van der Waals surface area contributed by atoms with E-state index in [9.17, 15) is 4.79 Å². The minimum atomic E-state index is -0.196. The molecule has 4 aromatic rings. The van der Waals surface area contributed by atoms with Gasteiger partial charge in [0.05, 0.1) is 42.2 Å². The van der Waals surface area contributed by atoms with Crippen LogP contribution in [0.3, 0.4) is 0 Å².